The zero-order chi connectivity index (χ0) is 13.7. The van der Waals surface area contributed by atoms with Crippen LogP contribution in [0, 0.1) is 5.41 Å². The summed E-state index contributed by atoms with van der Waals surface area (Å²) in [5, 5.41) is 0. The van der Waals surface area contributed by atoms with E-state index in [9.17, 15) is 0 Å². The van der Waals surface area contributed by atoms with Gasteiger partial charge in [-0.15, -0.1) is 0 Å². The molecule has 1 nitrogen and oxygen atoms in total. The molecule has 0 aromatic heterocycles. The van der Waals surface area contributed by atoms with Gasteiger partial charge in [-0.3, -0.25) is 0 Å². The van der Waals surface area contributed by atoms with Crippen molar-refractivity contribution in [3.8, 4) is 0 Å². The van der Waals surface area contributed by atoms with Crippen molar-refractivity contribution in [2.45, 2.75) is 85.9 Å². The molecule has 0 heterocycles. The summed E-state index contributed by atoms with van der Waals surface area (Å²) < 4.78 is 6.05. The molecule has 0 saturated carbocycles. The van der Waals surface area contributed by atoms with Crippen LogP contribution in [0.2, 0.25) is 0 Å². The topological polar surface area (TPSA) is 9.23 Å². The first-order chi connectivity index (χ1) is 7.41. The molecule has 0 unspecified atom stereocenters. The van der Waals surface area contributed by atoms with Crippen LogP contribution < -0.4 is 0 Å². The number of allylic oxidation sites excluding steroid dienone is 2. The van der Waals surface area contributed by atoms with Gasteiger partial charge in [0, 0.05) is 0 Å². The minimum absolute atomic E-state index is 0.0200. The monoisotopic (exact) mass is 240 g/mol. The van der Waals surface area contributed by atoms with E-state index in [1.165, 1.54) is 6.42 Å². The third-order valence-corrected chi connectivity index (χ3v) is 2.35. The first kappa shape index (κ1) is 16.7. The number of unbranched alkanes of at least 4 members (excludes halogenated alkanes) is 1. The fourth-order valence-corrected chi connectivity index (χ4v) is 1.96. The van der Waals surface area contributed by atoms with Crippen molar-refractivity contribution >= 4 is 0 Å². The molecule has 0 aromatic carbocycles. The summed E-state index contributed by atoms with van der Waals surface area (Å²) in [5.74, 6) is 0. The van der Waals surface area contributed by atoms with Crippen molar-refractivity contribution in [3.05, 3.63) is 12.2 Å². The molecule has 0 rings (SSSR count). The lowest BCUT2D eigenvalue weighted by atomic mass is 9.94. The van der Waals surface area contributed by atoms with Gasteiger partial charge in [0.25, 0.3) is 0 Å². The molecule has 17 heavy (non-hydrogen) atoms. The van der Waals surface area contributed by atoms with E-state index in [-0.39, 0.29) is 11.2 Å². The van der Waals surface area contributed by atoms with E-state index in [0.717, 1.165) is 12.8 Å². The predicted molar refractivity (Wildman–Crippen MR) is 77.4 cm³/mol. The van der Waals surface area contributed by atoms with Crippen molar-refractivity contribution in [1.82, 2.24) is 0 Å². The molecule has 102 valence electrons. The van der Waals surface area contributed by atoms with Crippen LogP contribution in [0.4, 0.5) is 0 Å². The molecular formula is C16H32O. The zero-order valence-electron chi connectivity index (χ0n) is 13.2. The highest BCUT2D eigenvalue weighted by Crippen LogP contribution is 2.25. The molecule has 0 spiro atoms. The molecule has 1 heteroatoms. The number of hydrogen-bond donors (Lipinski definition) is 0. The molecule has 0 bridgehead atoms. The highest BCUT2D eigenvalue weighted by Gasteiger charge is 2.24. The molecule has 0 aliphatic rings. The second-order valence-electron chi connectivity index (χ2n) is 7.63. The Morgan fingerprint density at radius 3 is 1.82 bits per heavy atom. The molecule has 0 aliphatic heterocycles. The first-order valence-electron chi connectivity index (χ1n) is 6.79. The average molecular weight is 240 g/mol. The van der Waals surface area contributed by atoms with Gasteiger partial charge in [0.2, 0.25) is 0 Å². The van der Waals surface area contributed by atoms with Gasteiger partial charge < -0.3 is 4.74 Å². The molecule has 0 atom stereocenters. The van der Waals surface area contributed by atoms with Crippen LogP contribution in [0.15, 0.2) is 12.2 Å². The fourth-order valence-electron chi connectivity index (χ4n) is 1.96. The SMILES string of the molecule is CC(C)(C)/C=C/CCCC(C)(C)OC(C)(C)C. The number of ether oxygens (including phenoxy) is 1. The van der Waals surface area contributed by atoms with Crippen LogP contribution in [0.3, 0.4) is 0 Å². The highest BCUT2D eigenvalue weighted by atomic mass is 16.5. The number of rotatable bonds is 5. The molecule has 0 fully saturated rings. The highest BCUT2D eigenvalue weighted by molar-refractivity contribution is 4.92. The molecule has 0 radical (unpaired) electrons. The predicted octanol–water partition coefficient (Wildman–Crippen LogP) is 5.35. The van der Waals surface area contributed by atoms with Crippen LogP contribution in [0.1, 0.15) is 74.7 Å². The van der Waals surface area contributed by atoms with Crippen LogP contribution in [-0.2, 0) is 4.74 Å². The van der Waals surface area contributed by atoms with Crippen molar-refractivity contribution < 1.29 is 4.74 Å². The van der Waals surface area contributed by atoms with E-state index in [4.69, 9.17) is 4.74 Å². The normalized spacial score (nSPS) is 14.6. The van der Waals surface area contributed by atoms with Gasteiger partial charge in [-0.05, 0) is 59.3 Å². The quantitative estimate of drug-likeness (QED) is 0.465. The Morgan fingerprint density at radius 2 is 1.41 bits per heavy atom. The van der Waals surface area contributed by atoms with Crippen molar-refractivity contribution in [1.29, 1.82) is 0 Å². The summed E-state index contributed by atoms with van der Waals surface area (Å²) >= 11 is 0. The smallest absolute Gasteiger partial charge is 0.0633 e. The fraction of sp³-hybridized carbons (Fsp3) is 0.875. The minimum Gasteiger partial charge on any atom is -0.370 e. The first-order valence-corrected chi connectivity index (χ1v) is 6.79. The maximum absolute atomic E-state index is 6.05. The van der Waals surface area contributed by atoms with Gasteiger partial charge in [0.05, 0.1) is 11.2 Å². The summed E-state index contributed by atoms with van der Waals surface area (Å²) in [5.41, 5.74) is 0.232. The Morgan fingerprint density at radius 1 is 0.882 bits per heavy atom. The van der Waals surface area contributed by atoms with Gasteiger partial charge in [-0.1, -0.05) is 32.9 Å². The Labute approximate surface area is 109 Å². The minimum atomic E-state index is -0.0508. The Balaban J connectivity index is 3.92. The summed E-state index contributed by atoms with van der Waals surface area (Å²) in [6, 6.07) is 0. The van der Waals surface area contributed by atoms with Gasteiger partial charge in [-0.2, -0.15) is 0 Å². The van der Waals surface area contributed by atoms with E-state index >= 15 is 0 Å². The Hall–Kier alpha value is -0.300. The van der Waals surface area contributed by atoms with Gasteiger partial charge in [-0.25, -0.2) is 0 Å². The van der Waals surface area contributed by atoms with Crippen LogP contribution in [0.5, 0.6) is 0 Å². The second-order valence-corrected chi connectivity index (χ2v) is 7.63. The molecule has 0 saturated heterocycles. The molecule has 0 aliphatic carbocycles. The Bertz CT molecular complexity index is 235. The molecule has 0 N–H and O–H groups in total. The van der Waals surface area contributed by atoms with Crippen molar-refractivity contribution in [2.75, 3.05) is 0 Å². The summed E-state index contributed by atoms with van der Waals surface area (Å²) in [6.45, 7) is 17.4. The van der Waals surface area contributed by atoms with E-state index < -0.39 is 0 Å². The van der Waals surface area contributed by atoms with E-state index in [2.05, 4.69) is 67.5 Å². The third kappa shape index (κ3) is 12.0. The van der Waals surface area contributed by atoms with Crippen LogP contribution in [-0.4, -0.2) is 11.2 Å². The standard InChI is InChI=1S/C16H32O/c1-14(2,3)12-10-9-11-13-16(7,8)17-15(4,5)6/h10,12H,9,11,13H2,1-8H3/b12-10+. The van der Waals surface area contributed by atoms with E-state index in [1.807, 2.05) is 0 Å². The maximum atomic E-state index is 6.05. The second kappa shape index (κ2) is 6.04. The molecular weight excluding hydrogens is 208 g/mol. The van der Waals surface area contributed by atoms with Gasteiger partial charge in [0.15, 0.2) is 0 Å². The summed E-state index contributed by atoms with van der Waals surface area (Å²) in [4.78, 5) is 0. The van der Waals surface area contributed by atoms with Crippen molar-refractivity contribution in [3.63, 3.8) is 0 Å². The lowest BCUT2D eigenvalue weighted by Gasteiger charge is -2.33. The summed E-state index contributed by atoms with van der Waals surface area (Å²) in [6.07, 6.45) is 8.04. The third-order valence-electron chi connectivity index (χ3n) is 2.35. The van der Waals surface area contributed by atoms with Gasteiger partial charge in [0.1, 0.15) is 0 Å². The van der Waals surface area contributed by atoms with Gasteiger partial charge >= 0.3 is 0 Å². The van der Waals surface area contributed by atoms with E-state index in [1.54, 1.807) is 0 Å². The average Bonchev–Trinajstić information content (AvgIpc) is 1.95. The largest absolute Gasteiger partial charge is 0.370 e. The lowest BCUT2D eigenvalue weighted by molar-refractivity contribution is -0.116. The summed E-state index contributed by atoms with van der Waals surface area (Å²) in [7, 11) is 0. The zero-order valence-corrected chi connectivity index (χ0v) is 13.2. The molecule has 0 aromatic rings. The molecule has 0 amide bonds. The van der Waals surface area contributed by atoms with Crippen LogP contribution in [0.25, 0.3) is 0 Å². The van der Waals surface area contributed by atoms with Crippen LogP contribution >= 0.6 is 0 Å². The maximum Gasteiger partial charge on any atom is 0.0633 e. The lowest BCUT2D eigenvalue weighted by Crippen LogP contribution is -2.34. The number of hydrogen-bond acceptors (Lipinski definition) is 1. The van der Waals surface area contributed by atoms with Crippen molar-refractivity contribution in [2.24, 2.45) is 5.41 Å². The Kier molecular flexibility index (Phi) is 5.93. The van der Waals surface area contributed by atoms with E-state index in [0.29, 0.717) is 5.41 Å².